The first-order chi connectivity index (χ1) is 11.1. The molecule has 0 aliphatic heterocycles. The first kappa shape index (κ1) is 14.7. The highest BCUT2D eigenvalue weighted by atomic mass is 16.3. The lowest BCUT2D eigenvalue weighted by Gasteiger charge is -2.31. The summed E-state index contributed by atoms with van der Waals surface area (Å²) in [6, 6.07) is 5.52. The standard InChI is InChI=1S/C18H22N2O3/c21-16(11-18(22)8-2-1-3-9-18)19-13-6-7-14-15(10-13)23-17(20-14)12-4-5-12/h6-7,10,12,22H,1-5,8-9,11H2,(H,19,21). The smallest absolute Gasteiger partial charge is 0.227 e. The Morgan fingerprint density at radius 2 is 2.09 bits per heavy atom. The zero-order chi connectivity index (χ0) is 15.9. The summed E-state index contributed by atoms with van der Waals surface area (Å²) in [4.78, 5) is 16.7. The molecule has 2 aromatic rings. The van der Waals surface area contributed by atoms with E-state index in [1.165, 1.54) is 0 Å². The molecular weight excluding hydrogens is 292 g/mol. The zero-order valence-corrected chi connectivity index (χ0v) is 13.2. The Balaban J connectivity index is 1.45. The molecule has 4 rings (SSSR count). The molecule has 2 N–H and O–H groups in total. The van der Waals surface area contributed by atoms with E-state index in [4.69, 9.17) is 4.42 Å². The zero-order valence-electron chi connectivity index (χ0n) is 13.2. The molecule has 2 fully saturated rings. The van der Waals surface area contributed by atoms with Gasteiger partial charge in [0.15, 0.2) is 11.5 Å². The van der Waals surface area contributed by atoms with E-state index in [-0.39, 0.29) is 12.3 Å². The normalized spacial score (nSPS) is 20.6. The fraction of sp³-hybridized carbons (Fsp3) is 0.556. The van der Waals surface area contributed by atoms with Gasteiger partial charge < -0.3 is 14.8 Å². The number of aliphatic hydroxyl groups is 1. The molecule has 23 heavy (non-hydrogen) atoms. The molecule has 1 aromatic heterocycles. The molecule has 2 aliphatic carbocycles. The summed E-state index contributed by atoms with van der Waals surface area (Å²) < 4.78 is 5.77. The average molecular weight is 314 g/mol. The van der Waals surface area contributed by atoms with E-state index in [0.29, 0.717) is 30.0 Å². The van der Waals surface area contributed by atoms with Gasteiger partial charge in [-0.05, 0) is 37.8 Å². The van der Waals surface area contributed by atoms with Crippen LogP contribution in [0, 0.1) is 0 Å². The summed E-state index contributed by atoms with van der Waals surface area (Å²) in [5.74, 6) is 1.14. The monoisotopic (exact) mass is 314 g/mol. The highest BCUT2D eigenvalue weighted by molar-refractivity contribution is 5.93. The SMILES string of the molecule is O=C(CC1(O)CCCCC1)Nc1ccc2nc(C3CC3)oc2c1. The van der Waals surface area contributed by atoms with Gasteiger partial charge >= 0.3 is 0 Å². The Bertz CT molecular complexity index is 727. The summed E-state index contributed by atoms with van der Waals surface area (Å²) in [5.41, 5.74) is 1.40. The number of hydrogen-bond acceptors (Lipinski definition) is 4. The number of nitrogens with zero attached hydrogens (tertiary/aromatic N) is 1. The maximum Gasteiger partial charge on any atom is 0.227 e. The number of aromatic nitrogens is 1. The number of rotatable bonds is 4. The Morgan fingerprint density at radius 1 is 1.30 bits per heavy atom. The lowest BCUT2D eigenvalue weighted by atomic mass is 9.82. The van der Waals surface area contributed by atoms with Crippen LogP contribution in [0.25, 0.3) is 11.1 Å². The van der Waals surface area contributed by atoms with Gasteiger partial charge in [0, 0.05) is 17.7 Å². The fourth-order valence-corrected chi connectivity index (χ4v) is 3.42. The molecule has 0 radical (unpaired) electrons. The third-order valence-electron chi connectivity index (χ3n) is 4.89. The van der Waals surface area contributed by atoms with Crippen molar-refractivity contribution in [1.82, 2.24) is 4.98 Å². The second-order valence-corrected chi connectivity index (χ2v) is 7.02. The van der Waals surface area contributed by atoms with Gasteiger partial charge in [0.25, 0.3) is 0 Å². The summed E-state index contributed by atoms with van der Waals surface area (Å²) in [7, 11) is 0. The predicted molar refractivity (Wildman–Crippen MR) is 87.3 cm³/mol. The number of nitrogens with one attached hydrogen (secondary N) is 1. The highest BCUT2D eigenvalue weighted by Gasteiger charge is 2.32. The average Bonchev–Trinajstić information content (AvgIpc) is 3.27. The second kappa shape index (κ2) is 5.64. The minimum Gasteiger partial charge on any atom is -0.440 e. The topological polar surface area (TPSA) is 75.4 Å². The molecule has 2 saturated carbocycles. The lowest BCUT2D eigenvalue weighted by Crippen LogP contribution is -2.35. The molecule has 0 saturated heterocycles. The van der Waals surface area contributed by atoms with Crippen LogP contribution in [0.2, 0.25) is 0 Å². The number of amides is 1. The van der Waals surface area contributed by atoms with E-state index in [1.807, 2.05) is 18.2 Å². The van der Waals surface area contributed by atoms with Crippen molar-refractivity contribution in [2.45, 2.75) is 62.9 Å². The first-order valence-electron chi connectivity index (χ1n) is 8.54. The summed E-state index contributed by atoms with van der Waals surface area (Å²) in [5, 5.41) is 13.3. The van der Waals surface area contributed by atoms with E-state index < -0.39 is 5.60 Å². The molecule has 0 bridgehead atoms. The van der Waals surface area contributed by atoms with Gasteiger partial charge in [0.2, 0.25) is 5.91 Å². The Kier molecular flexibility index (Phi) is 3.60. The summed E-state index contributed by atoms with van der Waals surface area (Å²) in [6.07, 6.45) is 7.03. The van der Waals surface area contributed by atoms with Crippen LogP contribution in [-0.4, -0.2) is 21.6 Å². The first-order valence-corrected chi connectivity index (χ1v) is 8.54. The largest absolute Gasteiger partial charge is 0.440 e. The van der Waals surface area contributed by atoms with E-state index >= 15 is 0 Å². The van der Waals surface area contributed by atoms with Crippen LogP contribution in [0.4, 0.5) is 5.69 Å². The molecule has 0 unspecified atom stereocenters. The third-order valence-corrected chi connectivity index (χ3v) is 4.89. The molecule has 1 heterocycles. The number of carbonyl (C=O) groups excluding carboxylic acids is 1. The molecular formula is C18H22N2O3. The third kappa shape index (κ3) is 3.24. The molecule has 122 valence electrons. The van der Waals surface area contributed by atoms with Crippen molar-refractivity contribution < 1.29 is 14.3 Å². The van der Waals surface area contributed by atoms with Crippen molar-refractivity contribution in [3.05, 3.63) is 24.1 Å². The van der Waals surface area contributed by atoms with Crippen molar-refractivity contribution in [1.29, 1.82) is 0 Å². The van der Waals surface area contributed by atoms with Crippen LogP contribution in [0.5, 0.6) is 0 Å². The lowest BCUT2D eigenvalue weighted by molar-refractivity contribution is -0.122. The van der Waals surface area contributed by atoms with Gasteiger partial charge in [-0.2, -0.15) is 0 Å². The summed E-state index contributed by atoms with van der Waals surface area (Å²) >= 11 is 0. The van der Waals surface area contributed by atoms with Gasteiger partial charge in [-0.25, -0.2) is 4.98 Å². The fourth-order valence-electron chi connectivity index (χ4n) is 3.42. The quantitative estimate of drug-likeness (QED) is 0.901. The molecule has 1 aromatic carbocycles. The van der Waals surface area contributed by atoms with Crippen LogP contribution in [0.1, 0.15) is 63.2 Å². The summed E-state index contributed by atoms with van der Waals surface area (Å²) in [6.45, 7) is 0. The Hall–Kier alpha value is -1.88. The van der Waals surface area contributed by atoms with Gasteiger partial charge in [-0.3, -0.25) is 4.79 Å². The number of fused-ring (bicyclic) bond motifs is 1. The van der Waals surface area contributed by atoms with Crippen LogP contribution in [0.3, 0.4) is 0 Å². The highest BCUT2D eigenvalue weighted by Crippen LogP contribution is 2.40. The van der Waals surface area contributed by atoms with Crippen molar-refractivity contribution in [3.63, 3.8) is 0 Å². The van der Waals surface area contributed by atoms with Crippen LogP contribution in [0.15, 0.2) is 22.6 Å². The number of benzene rings is 1. The van der Waals surface area contributed by atoms with Gasteiger partial charge in [-0.1, -0.05) is 19.3 Å². The Labute approximate surface area is 135 Å². The van der Waals surface area contributed by atoms with Crippen molar-refractivity contribution in [3.8, 4) is 0 Å². The van der Waals surface area contributed by atoms with Crippen LogP contribution < -0.4 is 5.32 Å². The van der Waals surface area contributed by atoms with Gasteiger partial charge in [0.05, 0.1) is 12.0 Å². The maximum absolute atomic E-state index is 12.2. The molecule has 5 nitrogen and oxygen atoms in total. The minimum absolute atomic E-state index is 0.143. The molecule has 0 atom stereocenters. The van der Waals surface area contributed by atoms with Crippen LogP contribution >= 0.6 is 0 Å². The van der Waals surface area contributed by atoms with Crippen LogP contribution in [-0.2, 0) is 4.79 Å². The predicted octanol–water partition coefficient (Wildman–Crippen LogP) is 3.73. The molecule has 2 aliphatic rings. The van der Waals surface area contributed by atoms with E-state index in [9.17, 15) is 9.90 Å². The number of hydrogen-bond donors (Lipinski definition) is 2. The second-order valence-electron chi connectivity index (χ2n) is 7.02. The minimum atomic E-state index is -0.836. The van der Waals surface area contributed by atoms with Crippen molar-refractivity contribution in [2.24, 2.45) is 0 Å². The van der Waals surface area contributed by atoms with E-state index in [0.717, 1.165) is 43.5 Å². The Morgan fingerprint density at radius 3 is 2.83 bits per heavy atom. The van der Waals surface area contributed by atoms with E-state index in [1.54, 1.807) is 0 Å². The molecule has 5 heteroatoms. The van der Waals surface area contributed by atoms with Gasteiger partial charge in [0.1, 0.15) is 5.52 Å². The van der Waals surface area contributed by atoms with E-state index in [2.05, 4.69) is 10.3 Å². The van der Waals surface area contributed by atoms with Crippen molar-refractivity contribution in [2.75, 3.05) is 5.32 Å². The maximum atomic E-state index is 12.2. The number of carbonyl (C=O) groups is 1. The molecule has 0 spiro atoms. The number of anilines is 1. The van der Waals surface area contributed by atoms with Gasteiger partial charge in [-0.15, -0.1) is 0 Å². The number of oxazole rings is 1. The molecule has 1 amide bonds. The van der Waals surface area contributed by atoms with Crippen molar-refractivity contribution >= 4 is 22.7 Å².